The number of fused-ring (bicyclic) bond motifs is 1. The van der Waals surface area contributed by atoms with Gasteiger partial charge in [-0.3, -0.25) is 0 Å². The third-order valence-corrected chi connectivity index (χ3v) is 4.46. The molecule has 3 nitrogen and oxygen atoms in total. The number of aliphatic hydroxyl groups excluding tert-OH is 1. The van der Waals surface area contributed by atoms with E-state index in [0.717, 1.165) is 43.7 Å². The van der Waals surface area contributed by atoms with Gasteiger partial charge in [0, 0.05) is 12.0 Å². The quantitative estimate of drug-likeness (QED) is 0.739. The summed E-state index contributed by atoms with van der Waals surface area (Å²) in [7, 11) is 0. The first-order valence-corrected chi connectivity index (χ1v) is 6.79. The lowest BCUT2D eigenvalue weighted by atomic mass is 9.81. The molecule has 3 rings (SSSR count). The molecule has 2 N–H and O–H groups in total. The minimum absolute atomic E-state index is 0.157. The number of benzene rings is 1. The molecule has 2 heterocycles. The van der Waals surface area contributed by atoms with E-state index in [4.69, 9.17) is 4.74 Å². The Hall–Kier alpha value is -1.06. The molecule has 0 aliphatic carbocycles. The predicted molar refractivity (Wildman–Crippen MR) is 71.0 cm³/mol. The zero-order valence-corrected chi connectivity index (χ0v) is 11.1. The average molecular weight is 247 g/mol. The number of piperidine rings is 1. The summed E-state index contributed by atoms with van der Waals surface area (Å²) in [5, 5.41) is 13.8. The number of hydrogen-bond acceptors (Lipinski definition) is 3. The molecule has 1 atom stereocenters. The van der Waals surface area contributed by atoms with Crippen molar-refractivity contribution in [1.29, 1.82) is 0 Å². The van der Waals surface area contributed by atoms with Crippen molar-refractivity contribution in [2.24, 2.45) is 0 Å². The SMILES string of the molecule is Cc1ccc2c(c1C)OC1(CCNCC1)CC2O. The first kappa shape index (κ1) is 12.0. The van der Waals surface area contributed by atoms with Crippen molar-refractivity contribution in [2.75, 3.05) is 13.1 Å². The molecule has 0 bridgehead atoms. The lowest BCUT2D eigenvalue weighted by molar-refractivity contribution is -0.0342. The molecule has 98 valence electrons. The van der Waals surface area contributed by atoms with Gasteiger partial charge in [0.2, 0.25) is 0 Å². The molecule has 2 aliphatic heterocycles. The van der Waals surface area contributed by atoms with Gasteiger partial charge in [-0.1, -0.05) is 12.1 Å². The summed E-state index contributed by atoms with van der Waals surface area (Å²) in [5.74, 6) is 0.927. The first-order chi connectivity index (χ1) is 8.61. The van der Waals surface area contributed by atoms with E-state index >= 15 is 0 Å². The molecule has 1 fully saturated rings. The highest BCUT2D eigenvalue weighted by atomic mass is 16.5. The highest BCUT2D eigenvalue weighted by molar-refractivity contribution is 5.48. The Kier molecular flexibility index (Phi) is 2.83. The fourth-order valence-corrected chi connectivity index (χ4v) is 3.12. The lowest BCUT2D eigenvalue weighted by Gasteiger charge is -2.44. The van der Waals surface area contributed by atoms with Crippen molar-refractivity contribution < 1.29 is 9.84 Å². The van der Waals surface area contributed by atoms with Crippen molar-refractivity contribution in [2.45, 2.75) is 44.8 Å². The van der Waals surface area contributed by atoms with Gasteiger partial charge in [0.1, 0.15) is 11.4 Å². The Morgan fingerprint density at radius 1 is 1.28 bits per heavy atom. The van der Waals surface area contributed by atoms with Gasteiger partial charge in [0.15, 0.2) is 0 Å². The Balaban J connectivity index is 2.02. The van der Waals surface area contributed by atoms with Gasteiger partial charge in [-0.2, -0.15) is 0 Å². The van der Waals surface area contributed by atoms with Crippen LogP contribution in [-0.4, -0.2) is 23.8 Å². The van der Waals surface area contributed by atoms with Crippen LogP contribution in [0, 0.1) is 13.8 Å². The summed E-state index contributed by atoms with van der Waals surface area (Å²) in [6.07, 6.45) is 2.31. The number of hydrogen-bond donors (Lipinski definition) is 2. The van der Waals surface area contributed by atoms with Gasteiger partial charge >= 0.3 is 0 Å². The Labute approximate surface area is 108 Å². The standard InChI is InChI=1S/C15H21NO2/c1-10-3-4-12-13(17)9-15(5-7-16-8-6-15)18-14(12)11(10)2/h3-4,13,16-17H,5-9H2,1-2H3. The van der Waals surface area contributed by atoms with E-state index in [1.54, 1.807) is 0 Å². The minimum Gasteiger partial charge on any atom is -0.486 e. The maximum atomic E-state index is 10.4. The maximum absolute atomic E-state index is 10.4. The van der Waals surface area contributed by atoms with E-state index in [-0.39, 0.29) is 11.7 Å². The fourth-order valence-electron chi connectivity index (χ4n) is 3.12. The van der Waals surface area contributed by atoms with Crippen LogP contribution in [0.25, 0.3) is 0 Å². The molecule has 2 aliphatic rings. The van der Waals surface area contributed by atoms with E-state index in [2.05, 4.69) is 25.2 Å². The van der Waals surface area contributed by atoms with Crippen LogP contribution in [0.3, 0.4) is 0 Å². The van der Waals surface area contributed by atoms with Crippen LogP contribution in [0.5, 0.6) is 5.75 Å². The van der Waals surface area contributed by atoms with E-state index in [9.17, 15) is 5.11 Å². The molecule has 0 saturated carbocycles. The Bertz CT molecular complexity index is 464. The van der Waals surface area contributed by atoms with E-state index < -0.39 is 0 Å². The number of nitrogens with one attached hydrogen (secondary N) is 1. The van der Waals surface area contributed by atoms with Crippen LogP contribution in [0.4, 0.5) is 0 Å². The van der Waals surface area contributed by atoms with Gasteiger partial charge in [0.25, 0.3) is 0 Å². The molecule has 1 aromatic rings. The highest BCUT2D eigenvalue weighted by Crippen LogP contribution is 2.45. The van der Waals surface area contributed by atoms with Crippen molar-refractivity contribution >= 4 is 0 Å². The molecule has 1 saturated heterocycles. The second-order valence-electron chi connectivity index (χ2n) is 5.68. The molecule has 1 spiro atoms. The van der Waals surface area contributed by atoms with Crippen LogP contribution < -0.4 is 10.1 Å². The molecular formula is C15H21NO2. The van der Waals surface area contributed by atoms with Gasteiger partial charge < -0.3 is 15.2 Å². The van der Waals surface area contributed by atoms with Crippen LogP contribution in [0.1, 0.15) is 42.1 Å². The lowest BCUT2D eigenvalue weighted by Crippen LogP contribution is -2.49. The van der Waals surface area contributed by atoms with Crippen molar-refractivity contribution in [1.82, 2.24) is 5.32 Å². The second-order valence-corrected chi connectivity index (χ2v) is 5.68. The largest absolute Gasteiger partial charge is 0.486 e. The van der Waals surface area contributed by atoms with Gasteiger partial charge in [0.05, 0.1) is 6.10 Å². The number of ether oxygens (including phenoxy) is 1. The molecule has 3 heteroatoms. The summed E-state index contributed by atoms with van der Waals surface area (Å²) >= 11 is 0. The molecule has 0 radical (unpaired) electrons. The summed E-state index contributed by atoms with van der Waals surface area (Å²) in [6, 6.07) is 4.08. The van der Waals surface area contributed by atoms with Crippen LogP contribution >= 0.6 is 0 Å². The predicted octanol–water partition coefficient (Wildman–Crippen LogP) is 2.24. The summed E-state index contributed by atoms with van der Waals surface area (Å²) in [6.45, 7) is 6.13. The highest BCUT2D eigenvalue weighted by Gasteiger charge is 2.41. The molecule has 0 aromatic heterocycles. The van der Waals surface area contributed by atoms with Crippen molar-refractivity contribution in [3.8, 4) is 5.75 Å². The monoisotopic (exact) mass is 247 g/mol. The summed E-state index contributed by atoms with van der Waals surface area (Å²) in [5.41, 5.74) is 3.20. The minimum atomic E-state index is -0.383. The number of rotatable bonds is 0. The molecular weight excluding hydrogens is 226 g/mol. The van der Waals surface area contributed by atoms with Crippen LogP contribution in [0.15, 0.2) is 12.1 Å². The molecule has 1 unspecified atom stereocenters. The van der Waals surface area contributed by atoms with Gasteiger partial charge in [-0.25, -0.2) is 0 Å². The fraction of sp³-hybridized carbons (Fsp3) is 0.600. The Morgan fingerprint density at radius 3 is 2.72 bits per heavy atom. The topological polar surface area (TPSA) is 41.5 Å². The van der Waals surface area contributed by atoms with Crippen LogP contribution in [0.2, 0.25) is 0 Å². The molecule has 18 heavy (non-hydrogen) atoms. The van der Waals surface area contributed by atoms with E-state index in [1.807, 2.05) is 6.07 Å². The van der Waals surface area contributed by atoms with Gasteiger partial charge in [-0.15, -0.1) is 0 Å². The second kappa shape index (κ2) is 4.25. The third-order valence-electron chi connectivity index (χ3n) is 4.46. The summed E-state index contributed by atoms with van der Waals surface area (Å²) < 4.78 is 6.34. The van der Waals surface area contributed by atoms with E-state index in [1.165, 1.54) is 11.1 Å². The van der Waals surface area contributed by atoms with Crippen molar-refractivity contribution in [3.63, 3.8) is 0 Å². The normalized spacial score (nSPS) is 25.6. The Morgan fingerprint density at radius 2 is 2.00 bits per heavy atom. The first-order valence-electron chi connectivity index (χ1n) is 6.79. The smallest absolute Gasteiger partial charge is 0.129 e. The van der Waals surface area contributed by atoms with Gasteiger partial charge in [-0.05, 0) is 50.9 Å². The molecule has 1 aromatic carbocycles. The average Bonchev–Trinajstić information content (AvgIpc) is 2.35. The molecule has 0 amide bonds. The van der Waals surface area contributed by atoms with E-state index in [0.29, 0.717) is 0 Å². The maximum Gasteiger partial charge on any atom is 0.129 e. The van der Waals surface area contributed by atoms with Crippen LogP contribution in [-0.2, 0) is 0 Å². The zero-order chi connectivity index (χ0) is 12.8. The zero-order valence-electron chi connectivity index (χ0n) is 11.1. The van der Waals surface area contributed by atoms with Crippen molar-refractivity contribution in [3.05, 3.63) is 28.8 Å². The third kappa shape index (κ3) is 1.82. The number of aryl methyl sites for hydroxylation is 1. The summed E-state index contributed by atoms with van der Waals surface area (Å²) in [4.78, 5) is 0. The number of aliphatic hydroxyl groups is 1.